The molecule has 1 aromatic carbocycles. The number of hydrogen-bond acceptors (Lipinski definition) is 2. The number of rotatable bonds is 6. The average molecular weight is 215 g/mol. The van der Waals surface area contributed by atoms with Gasteiger partial charge in [0.15, 0.2) is 11.6 Å². The molecule has 1 rings (SSSR count). The van der Waals surface area contributed by atoms with Gasteiger partial charge in [-0.3, -0.25) is 0 Å². The van der Waals surface area contributed by atoms with Crippen molar-refractivity contribution in [2.24, 2.45) is 0 Å². The zero-order valence-electron chi connectivity index (χ0n) is 8.72. The highest BCUT2D eigenvalue weighted by Crippen LogP contribution is 2.09. The van der Waals surface area contributed by atoms with E-state index in [1.54, 1.807) is 6.07 Å². The summed E-state index contributed by atoms with van der Waals surface area (Å²) < 4.78 is 30.6. The van der Waals surface area contributed by atoms with Gasteiger partial charge >= 0.3 is 0 Å². The normalized spacial score (nSPS) is 10.6. The second-order valence-electron chi connectivity index (χ2n) is 3.21. The molecule has 2 nitrogen and oxygen atoms in total. The maximum absolute atomic E-state index is 12.8. The molecular formula is C11H15F2NO. The van der Waals surface area contributed by atoms with Gasteiger partial charge in [0.25, 0.3) is 0 Å². The van der Waals surface area contributed by atoms with Crippen LogP contribution in [0, 0.1) is 11.6 Å². The second-order valence-corrected chi connectivity index (χ2v) is 3.21. The molecule has 0 amide bonds. The Morgan fingerprint density at radius 2 is 2.00 bits per heavy atom. The molecular weight excluding hydrogens is 200 g/mol. The van der Waals surface area contributed by atoms with Crippen LogP contribution in [-0.2, 0) is 11.2 Å². The quantitative estimate of drug-likeness (QED) is 0.730. The molecule has 0 heterocycles. The molecule has 0 saturated heterocycles. The maximum atomic E-state index is 12.8. The molecule has 0 aliphatic heterocycles. The molecule has 0 spiro atoms. The van der Waals surface area contributed by atoms with E-state index in [0.29, 0.717) is 19.6 Å². The molecule has 1 N–H and O–H groups in total. The van der Waals surface area contributed by atoms with Crippen LogP contribution >= 0.6 is 0 Å². The molecule has 0 fully saturated rings. The molecule has 0 atom stereocenters. The SMILES string of the molecule is CNCCOCCc1ccc(F)c(F)c1. The van der Waals surface area contributed by atoms with Crippen molar-refractivity contribution < 1.29 is 13.5 Å². The Morgan fingerprint density at radius 1 is 1.20 bits per heavy atom. The summed E-state index contributed by atoms with van der Waals surface area (Å²) in [7, 11) is 1.85. The first-order valence-corrected chi connectivity index (χ1v) is 4.90. The third-order valence-electron chi connectivity index (χ3n) is 2.02. The number of benzene rings is 1. The van der Waals surface area contributed by atoms with Gasteiger partial charge in [0.1, 0.15) is 0 Å². The number of nitrogens with one attached hydrogen (secondary N) is 1. The summed E-state index contributed by atoms with van der Waals surface area (Å²) in [6, 6.07) is 3.91. The Kier molecular flexibility index (Phi) is 5.21. The van der Waals surface area contributed by atoms with Crippen LogP contribution in [-0.4, -0.2) is 26.8 Å². The zero-order chi connectivity index (χ0) is 11.1. The molecule has 4 heteroatoms. The lowest BCUT2D eigenvalue weighted by molar-refractivity contribution is 0.140. The Morgan fingerprint density at radius 3 is 2.67 bits per heavy atom. The summed E-state index contributed by atoms with van der Waals surface area (Å²) in [6.45, 7) is 1.94. The number of ether oxygens (including phenoxy) is 1. The van der Waals surface area contributed by atoms with Gasteiger partial charge in [0.05, 0.1) is 13.2 Å². The average Bonchev–Trinajstić information content (AvgIpc) is 2.23. The third kappa shape index (κ3) is 4.36. The van der Waals surface area contributed by atoms with Gasteiger partial charge in [0.2, 0.25) is 0 Å². The van der Waals surface area contributed by atoms with Crippen LogP contribution in [0.4, 0.5) is 8.78 Å². The van der Waals surface area contributed by atoms with Gasteiger partial charge in [-0.1, -0.05) is 6.07 Å². The van der Waals surface area contributed by atoms with E-state index >= 15 is 0 Å². The molecule has 15 heavy (non-hydrogen) atoms. The van der Waals surface area contributed by atoms with Crippen LogP contribution < -0.4 is 5.32 Å². The number of halogens is 2. The maximum Gasteiger partial charge on any atom is 0.159 e. The van der Waals surface area contributed by atoms with Crippen molar-refractivity contribution in [3.05, 3.63) is 35.4 Å². The minimum Gasteiger partial charge on any atom is -0.380 e. The van der Waals surface area contributed by atoms with Crippen molar-refractivity contribution in [3.63, 3.8) is 0 Å². The minimum absolute atomic E-state index is 0.521. The fourth-order valence-corrected chi connectivity index (χ4v) is 1.16. The van der Waals surface area contributed by atoms with Crippen molar-refractivity contribution in [2.45, 2.75) is 6.42 Å². The summed E-state index contributed by atoms with van der Waals surface area (Å²) in [5, 5.41) is 2.95. The first-order chi connectivity index (χ1) is 7.24. The summed E-state index contributed by atoms with van der Waals surface area (Å²) in [5.41, 5.74) is 0.748. The summed E-state index contributed by atoms with van der Waals surface area (Å²) in [4.78, 5) is 0. The lowest BCUT2D eigenvalue weighted by Gasteiger charge is -2.04. The Bertz CT molecular complexity index is 305. The Labute approximate surface area is 88.3 Å². The Hall–Kier alpha value is -1.00. The van der Waals surface area contributed by atoms with Crippen LogP contribution in [0.2, 0.25) is 0 Å². The van der Waals surface area contributed by atoms with Crippen LogP contribution in [0.3, 0.4) is 0 Å². The summed E-state index contributed by atoms with van der Waals surface area (Å²) >= 11 is 0. The Balaban J connectivity index is 2.28. The second kappa shape index (κ2) is 6.48. The van der Waals surface area contributed by atoms with Crippen molar-refractivity contribution in [3.8, 4) is 0 Å². The van der Waals surface area contributed by atoms with Gasteiger partial charge in [-0.2, -0.15) is 0 Å². The van der Waals surface area contributed by atoms with Crippen LogP contribution in [0.25, 0.3) is 0 Å². The first-order valence-electron chi connectivity index (χ1n) is 4.90. The summed E-state index contributed by atoms with van der Waals surface area (Å²) in [6.07, 6.45) is 0.598. The van der Waals surface area contributed by atoms with Crippen LogP contribution in [0.15, 0.2) is 18.2 Å². The van der Waals surface area contributed by atoms with Crippen molar-refractivity contribution in [1.29, 1.82) is 0 Å². The lowest BCUT2D eigenvalue weighted by Crippen LogP contribution is -2.15. The summed E-state index contributed by atoms with van der Waals surface area (Å²) in [5.74, 6) is -1.61. The molecule has 0 bridgehead atoms. The van der Waals surface area contributed by atoms with Gasteiger partial charge < -0.3 is 10.1 Å². The highest BCUT2D eigenvalue weighted by molar-refractivity contribution is 5.17. The molecule has 0 aromatic heterocycles. The van der Waals surface area contributed by atoms with E-state index in [1.807, 2.05) is 7.05 Å². The molecule has 0 aliphatic rings. The van der Waals surface area contributed by atoms with Gasteiger partial charge in [-0.05, 0) is 31.2 Å². The molecule has 0 radical (unpaired) electrons. The van der Waals surface area contributed by atoms with E-state index in [-0.39, 0.29) is 0 Å². The predicted octanol–water partition coefficient (Wildman–Crippen LogP) is 1.74. The first kappa shape index (κ1) is 12.1. The highest BCUT2D eigenvalue weighted by atomic mass is 19.2. The number of likely N-dealkylation sites (N-methyl/N-ethyl adjacent to an activating group) is 1. The van der Waals surface area contributed by atoms with Crippen LogP contribution in [0.1, 0.15) is 5.56 Å². The largest absolute Gasteiger partial charge is 0.380 e. The van der Waals surface area contributed by atoms with Gasteiger partial charge in [0, 0.05) is 6.54 Å². The fourth-order valence-electron chi connectivity index (χ4n) is 1.16. The van der Waals surface area contributed by atoms with Crippen LogP contribution in [0.5, 0.6) is 0 Å². The van der Waals surface area contributed by atoms with Crippen molar-refractivity contribution in [1.82, 2.24) is 5.32 Å². The topological polar surface area (TPSA) is 21.3 Å². The van der Waals surface area contributed by atoms with E-state index in [0.717, 1.165) is 18.2 Å². The molecule has 84 valence electrons. The number of hydrogen-bond donors (Lipinski definition) is 1. The van der Waals surface area contributed by atoms with Crippen molar-refractivity contribution in [2.75, 3.05) is 26.8 Å². The molecule has 0 saturated carbocycles. The van der Waals surface area contributed by atoms with Gasteiger partial charge in [-0.25, -0.2) is 8.78 Å². The van der Waals surface area contributed by atoms with Gasteiger partial charge in [-0.15, -0.1) is 0 Å². The predicted molar refractivity (Wildman–Crippen MR) is 54.8 cm³/mol. The monoisotopic (exact) mass is 215 g/mol. The van der Waals surface area contributed by atoms with Crippen molar-refractivity contribution >= 4 is 0 Å². The smallest absolute Gasteiger partial charge is 0.159 e. The zero-order valence-corrected chi connectivity index (χ0v) is 8.72. The standard InChI is InChI=1S/C11H15F2NO/c1-14-5-7-15-6-4-9-2-3-10(12)11(13)8-9/h2-3,8,14H,4-7H2,1H3. The minimum atomic E-state index is -0.810. The molecule has 1 aromatic rings. The fraction of sp³-hybridized carbons (Fsp3) is 0.455. The highest BCUT2D eigenvalue weighted by Gasteiger charge is 2.01. The molecule has 0 unspecified atom stereocenters. The van der Waals surface area contributed by atoms with E-state index in [1.165, 1.54) is 6.07 Å². The third-order valence-corrected chi connectivity index (χ3v) is 2.02. The van der Waals surface area contributed by atoms with E-state index in [4.69, 9.17) is 4.74 Å². The lowest BCUT2D eigenvalue weighted by atomic mass is 10.1. The van der Waals surface area contributed by atoms with E-state index < -0.39 is 11.6 Å². The van der Waals surface area contributed by atoms with E-state index in [9.17, 15) is 8.78 Å². The molecule has 0 aliphatic carbocycles. The van der Waals surface area contributed by atoms with E-state index in [2.05, 4.69) is 5.32 Å².